The predicted molar refractivity (Wildman–Crippen MR) is 37.0 cm³/mol. The lowest BCUT2D eigenvalue weighted by Gasteiger charge is -1.91. The van der Waals surface area contributed by atoms with E-state index in [1.54, 1.807) is 0 Å². The van der Waals surface area contributed by atoms with Crippen molar-refractivity contribution >= 4 is 17.7 Å². The van der Waals surface area contributed by atoms with Crippen LogP contribution in [0.3, 0.4) is 0 Å². The lowest BCUT2D eigenvalue weighted by Crippen LogP contribution is -1.74. The molecular formula is C6H8ClNO. The van der Waals surface area contributed by atoms with E-state index in [4.69, 9.17) is 11.6 Å². The van der Waals surface area contributed by atoms with Crippen molar-refractivity contribution in [2.24, 2.45) is 4.99 Å². The Labute approximate surface area is 59.2 Å². The van der Waals surface area contributed by atoms with Gasteiger partial charge in [0.05, 0.1) is 0 Å². The highest BCUT2D eigenvalue weighted by Crippen LogP contribution is 2.11. The fourth-order valence-corrected chi connectivity index (χ4v) is 0.450. The van der Waals surface area contributed by atoms with Gasteiger partial charge in [0.15, 0.2) is 0 Å². The van der Waals surface area contributed by atoms with E-state index in [1.807, 2.05) is 13.8 Å². The quantitative estimate of drug-likeness (QED) is 0.333. The minimum atomic E-state index is 0.257. The zero-order valence-electron chi connectivity index (χ0n) is 5.44. The molecule has 0 bridgehead atoms. The molecule has 0 saturated carbocycles. The van der Waals surface area contributed by atoms with Crippen LogP contribution in [0.5, 0.6) is 0 Å². The first-order chi connectivity index (χ1) is 4.22. The molecule has 0 atom stereocenters. The number of halogens is 1. The molecule has 0 fully saturated rings. The van der Waals surface area contributed by atoms with Gasteiger partial charge in [0, 0.05) is 0 Å². The van der Waals surface area contributed by atoms with Crippen molar-refractivity contribution in [1.82, 2.24) is 0 Å². The van der Waals surface area contributed by atoms with Crippen molar-refractivity contribution in [1.29, 1.82) is 0 Å². The van der Waals surface area contributed by atoms with Gasteiger partial charge < -0.3 is 0 Å². The topological polar surface area (TPSA) is 29.4 Å². The Morgan fingerprint density at radius 3 is 2.67 bits per heavy atom. The van der Waals surface area contributed by atoms with Gasteiger partial charge in [-0.15, -0.1) is 0 Å². The van der Waals surface area contributed by atoms with Gasteiger partial charge in [-0.05, 0) is 18.9 Å². The number of rotatable bonds is 2. The van der Waals surface area contributed by atoms with E-state index in [0.717, 1.165) is 12.0 Å². The van der Waals surface area contributed by atoms with Gasteiger partial charge in [-0.2, -0.15) is 4.99 Å². The van der Waals surface area contributed by atoms with Crippen molar-refractivity contribution in [2.75, 3.05) is 0 Å². The summed E-state index contributed by atoms with van der Waals surface area (Å²) in [4.78, 5) is 12.9. The Morgan fingerprint density at radius 2 is 2.33 bits per heavy atom. The Morgan fingerprint density at radius 1 is 1.78 bits per heavy atom. The molecule has 3 heteroatoms. The Kier molecular flexibility index (Phi) is 4.02. The van der Waals surface area contributed by atoms with Gasteiger partial charge >= 0.3 is 0 Å². The van der Waals surface area contributed by atoms with Crippen molar-refractivity contribution < 1.29 is 4.79 Å². The molecule has 50 valence electrons. The summed E-state index contributed by atoms with van der Waals surface area (Å²) in [5.41, 5.74) is 0.903. The Hall–Kier alpha value is -0.590. The number of hydrogen-bond donors (Lipinski definition) is 0. The zero-order valence-corrected chi connectivity index (χ0v) is 6.20. The summed E-state index contributed by atoms with van der Waals surface area (Å²) >= 11 is 5.48. The second-order valence-corrected chi connectivity index (χ2v) is 1.99. The molecule has 0 heterocycles. The lowest BCUT2D eigenvalue weighted by molar-refractivity contribution is 0.565. The lowest BCUT2D eigenvalue weighted by atomic mass is 10.3. The highest BCUT2D eigenvalue weighted by atomic mass is 35.5. The first-order valence-corrected chi connectivity index (χ1v) is 3.03. The second kappa shape index (κ2) is 4.30. The molecule has 2 nitrogen and oxygen atoms in total. The monoisotopic (exact) mass is 145 g/mol. The molecule has 0 aromatic heterocycles. The smallest absolute Gasteiger partial charge is 0.211 e. The van der Waals surface area contributed by atoms with Crippen LogP contribution in [-0.2, 0) is 4.79 Å². The third kappa shape index (κ3) is 3.07. The first-order valence-electron chi connectivity index (χ1n) is 2.65. The minimum absolute atomic E-state index is 0.257. The third-order valence-corrected chi connectivity index (χ3v) is 1.43. The second-order valence-electron chi connectivity index (χ2n) is 1.63. The van der Waals surface area contributed by atoms with E-state index in [1.165, 1.54) is 6.08 Å². The average molecular weight is 146 g/mol. The summed E-state index contributed by atoms with van der Waals surface area (Å²) in [6.45, 7) is 3.77. The third-order valence-electron chi connectivity index (χ3n) is 1.03. The Bertz CT molecular complexity index is 168. The SMILES string of the molecule is CC/C(C)=C(/Cl)N=C=O. The normalized spacial score (nSPS) is 11.9. The molecule has 0 aliphatic rings. The molecule has 0 aliphatic heterocycles. The molecule has 0 N–H and O–H groups in total. The molecule has 0 aromatic rings. The molecule has 0 saturated heterocycles. The van der Waals surface area contributed by atoms with E-state index in [0.29, 0.717) is 0 Å². The van der Waals surface area contributed by atoms with Gasteiger partial charge in [-0.3, -0.25) is 0 Å². The number of nitrogens with zero attached hydrogens (tertiary/aromatic N) is 1. The van der Waals surface area contributed by atoms with Crippen LogP contribution in [0, 0.1) is 0 Å². The molecule has 9 heavy (non-hydrogen) atoms. The largest absolute Gasteiger partial charge is 0.241 e. The molecule has 0 spiro atoms. The highest BCUT2D eigenvalue weighted by molar-refractivity contribution is 6.29. The summed E-state index contributed by atoms with van der Waals surface area (Å²) < 4.78 is 0. The van der Waals surface area contributed by atoms with Crippen LogP contribution in [0.4, 0.5) is 0 Å². The fraction of sp³-hybridized carbons (Fsp3) is 0.500. The van der Waals surface area contributed by atoms with Gasteiger partial charge in [0.1, 0.15) is 5.16 Å². The van der Waals surface area contributed by atoms with Crippen molar-refractivity contribution in [3.05, 3.63) is 10.7 Å². The van der Waals surface area contributed by atoms with Crippen LogP contribution in [0.25, 0.3) is 0 Å². The fourth-order valence-electron chi connectivity index (χ4n) is 0.281. The maximum atomic E-state index is 9.63. The number of hydrogen-bond acceptors (Lipinski definition) is 2. The maximum Gasteiger partial charge on any atom is 0.241 e. The number of isocyanates is 1. The van der Waals surface area contributed by atoms with Gasteiger partial charge in [0.25, 0.3) is 0 Å². The van der Waals surface area contributed by atoms with Crippen LogP contribution in [0.15, 0.2) is 15.7 Å². The van der Waals surface area contributed by atoms with Crippen LogP contribution in [-0.4, -0.2) is 6.08 Å². The highest BCUT2D eigenvalue weighted by Gasteiger charge is 1.91. The standard InChI is InChI=1S/C6H8ClNO/c1-3-5(2)6(7)8-4-9/h3H2,1-2H3/b6-5-. The van der Waals surface area contributed by atoms with Gasteiger partial charge in [0.2, 0.25) is 6.08 Å². The van der Waals surface area contributed by atoms with Crippen molar-refractivity contribution in [3.63, 3.8) is 0 Å². The maximum absolute atomic E-state index is 9.63. The average Bonchev–Trinajstić information content (AvgIpc) is 1.87. The summed E-state index contributed by atoms with van der Waals surface area (Å²) in [5, 5.41) is 0.257. The van der Waals surface area contributed by atoms with Crippen LogP contribution in [0.2, 0.25) is 0 Å². The number of allylic oxidation sites excluding steroid dienone is 1. The number of aliphatic imine (C=N–C) groups is 1. The molecule has 0 aromatic carbocycles. The van der Waals surface area contributed by atoms with E-state index in [9.17, 15) is 4.79 Å². The molecule has 0 rings (SSSR count). The van der Waals surface area contributed by atoms with E-state index in [2.05, 4.69) is 4.99 Å². The molecule has 0 aliphatic carbocycles. The molecule has 0 unspecified atom stereocenters. The van der Waals surface area contributed by atoms with Gasteiger partial charge in [-0.25, -0.2) is 4.79 Å². The van der Waals surface area contributed by atoms with E-state index < -0.39 is 0 Å². The summed E-state index contributed by atoms with van der Waals surface area (Å²) in [7, 11) is 0. The first kappa shape index (κ1) is 8.41. The summed E-state index contributed by atoms with van der Waals surface area (Å²) in [5.74, 6) is 0. The zero-order chi connectivity index (χ0) is 7.28. The molecule has 0 radical (unpaired) electrons. The van der Waals surface area contributed by atoms with Crippen LogP contribution >= 0.6 is 11.6 Å². The summed E-state index contributed by atoms with van der Waals surface area (Å²) in [6.07, 6.45) is 2.18. The van der Waals surface area contributed by atoms with E-state index >= 15 is 0 Å². The molecule has 0 amide bonds. The Balaban J connectivity index is 4.27. The van der Waals surface area contributed by atoms with Crippen molar-refractivity contribution in [3.8, 4) is 0 Å². The van der Waals surface area contributed by atoms with Crippen LogP contribution < -0.4 is 0 Å². The number of carbonyl (C=O) groups excluding carboxylic acids is 1. The van der Waals surface area contributed by atoms with Gasteiger partial charge in [-0.1, -0.05) is 18.5 Å². The summed E-state index contributed by atoms with van der Waals surface area (Å²) in [6, 6.07) is 0. The van der Waals surface area contributed by atoms with E-state index in [-0.39, 0.29) is 5.16 Å². The minimum Gasteiger partial charge on any atom is -0.211 e. The molecular weight excluding hydrogens is 138 g/mol. The van der Waals surface area contributed by atoms with Crippen molar-refractivity contribution in [2.45, 2.75) is 20.3 Å². The predicted octanol–water partition coefficient (Wildman–Crippen LogP) is 2.20. The van der Waals surface area contributed by atoms with Crippen LogP contribution in [0.1, 0.15) is 20.3 Å².